The summed E-state index contributed by atoms with van der Waals surface area (Å²) in [5.41, 5.74) is 12.1. The molecule has 0 bridgehead atoms. The third-order valence-corrected chi connectivity index (χ3v) is 1.09. The predicted molar refractivity (Wildman–Crippen MR) is 44.6 cm³/mol. The normalized spacial score (nSPS) is 8.45. The third-order valence-electron chi connectivity index (χ3n) is 1.09. The van der Waals surface area contributed by atoms with E-state index in [2.05, 4.69) is 16.8 Å². The quantitative estimate of drug-likeness (QED) is 0.506. The fraction of sp³-hybridized carbons (Fsp3) is 0.125. The van der Waals surface area contributed by atoms with Crippen molar-refractivity contribution in [3.63, 3.8) is 0 Å². The van der Waals surface area contributed by atoms with Crippen LogP contribution < -0.4 is 11.5 Å². The lowest BCUT2D eigenvalue weighted by Gasteiger charge is -1.90. The minimum atomic E-state index is 0.356. The van der Waals surface area contributed by atoms with Gasteiger partial charge in [-0.1, -0.05) is 11.8 Å². The fourth-order valence-corrected chi connectivity index (χ4v) is 0.679. The van der Waals surface area contributed by atoms with Gasteiger partial charge in [0.25, 0.3) is 0 Å². The highest BCUT2D eigenvalue weighted by Crippen LogP contribution is 2.00. The summed E-state index contributed by atoms with van der Waals surface area (Å²) < 4.78 is 0. The monoisotopic (exact) mass is 147 g/mol. The maximum Gasteiger partial charge on any atom is 0.0555 e. The number of nitrogens with two attached hydrogens (primary N) is 2. The van der Waals surface area contributed by atoms with Crippen LogP contribution in [0, 0.1) is 11.8 Å². The summed E-state index contributed by atoms with van der Waals surface area (Å²) in [5.74, 6) is 5.54. The van der Waals surface area contributed by atoms with Crippen LogP contribution in [0.15, 0.2) is 18.5 Å². The molecule has 0 aromatic carbocycles. The first-order valence-corrected chi connectivity index (χ1v) is 3.22. The van der Waals surface area contributed by atoms with Crippen molar-refractivity contribution >= 4 is 5.69 Å². The van der Waals surface area contributed by atoms with Gasteiger partial charge in [-0.2, -0.15) is 0 Å². The number of nitrogens with zero attached hydrogens (tertiary/aromatic N) is 1. The third kappa shape index (κ3) is 2.28. The van der Waals surface area contributed by atoms with Gasteiger partial charge in [-0.05, 0) is 6.07 Å². The zero-order chi connectivity index (χ0) is 8.10. The Labute approximate surface area is 65.4 Å². The van der Waals surface area contributed by atoms with Gasteiger partial charge in [0, 0.05) is 18.0 Å². The summed E-state index contributed by atoms with van der Waals surface area (Å²) in [6.45, 7) is 0.356. The molecule has 0 aliphatic carbocycles. The Balaban J connectivity index is 2.87. The van der Waals surface area contributed by atoms with E-state index >= 15 is 0 Å². The molecule has 4 N–H and O–H groups in total. The lowest BCUT2D eigenvalue weighted by atomic mass is 10.3. The van der Waals surface area contributed by atoms with E-state index in [-0.39, 0.29) is 0 Å². The molecular weight excluding hydrogens is 138 g/mol. The SMILES string of the molecule is NCC#Cc1cncc(N)c1. The van der Waals surface area contributed by atoms with Crippen LogP contribution >= 0.6 is 0 Å². The van der Waals surface area contributed by atoms with E-state index in [1.54, 1.807) is 18.5 Å². The summed E-state index contributed by atoms with van der Waals surface area (Å²) in [7, 11) is 0. The average molecular weight is 147 g/mol. The first-order chi connectivity index (χ1) is 5.33. The molecule has 1 heterocycles. The maximum atomic E-state index is 5.47. The van der Waals surface area contributed by atoms with E-state index in [1.165, 1.54) is 0 Å². The van der Waals surface area contributed by atoms with Crippen LogP contribution in [0.25, 0.3) is 0 Å². The molecule has 0 saturated heterocycles. The van der Waals surface area contributed by atoms with E-state index in [0.717, 1.165) is 5.56 Å². The largest absolute Gasteiger partial charge is 0.397 e. The van der Waals surface area contributed by atoms with Gasteiger partial charge in [0.1, 0.15) is 0 Å². The molecule has 0 atom stereocenters. The number of pyridine rings is 1. The van der Waals surface area contributed by atoms with Crippen LogP contribution in [0.4, 0.5) is 5.69 Å². The van der Waals surface area contributed by atoms with E-state index in [4.69, 9.17) is 11.5 Å². The van der Waals surface area contributed by atoms with Crippen molar-refractivity contribution in [2.45, 2.75) is 0 Å². The van der Waals surface area contributed by atoms with Crippen molar-refractivity contribution in [3.8, 4) is 11.8 Å². The number of rotatable bonds is 0. The van der Waals surface area contributed by atoms with E-state index < -0.39 is 0 Å². The van der Waals surface area contributed by atoms with Gasteiger partial charge in [-0.25, -0.2) is 0 Å². The minimum absolute atomic E-state index is 0.356. The van der Waals surface area contributed by atoms with Crippen LogP contribution in [0.2, 0.25) is 0 Å². The van der Waals surface area contributed by atoms with Gasteiger partial charge < -0.3 is 11.5 Å². The molecule has 11 heavy (non-hydrogen) atoms. The van der Waals surface area contributed by atoms with Crippen molar-refractivity contribution in [1.29, 1.82) is 0 Å². The molecule has 0 radical (unpaired) electrons. The standard InChI is InChI=1S/C8H9N3/c9-3-1-2-7-4-8(10)6-11-5-7/h4-6H,3,9-10H2. The molecule has 1 rings (SSSR count). The molecule has 3 nitrogen and oxygen atoms in total. The molecule has 0 aliphatic heterocycles. The van der Waals surface area contributed by atoms with Gasteiger partial charge in [0.2, 0.25) is 0 Å². The first kappa shape index (κ1) is 7.58. The Bertz CT molecular complexity index is 296. The van der Waals surface area contributed by atoms with Gasteiger partial charge in [-0.3, -0.25) is 4.98 Å². The second-order valence-corrected chi connectivity index (χ2v) is 2.01. The number of aromatic nitrogens is 1. The first-order valence-electron chi connectivity index (χ1n) is 3.22. The number of anilines is 1. The molecule has 0 spiro atoms. The van der Waals surface area contributed by atoms with E-state index in [0.29, 0.717) is 12.2 Å². The van der Waals surface area contributed by atoms with Crippen molar-refractivity contribution in [3.05, 3.63) is 24.0 Å². The van der Waals surface area contributed by atoms with Crippen molar-refractivity contribution in [1.82, 2.24) is 4.98 Å². The molecule has 0 amide bonds. The second-order valence-electron chi connectivity index (χ2n) is 2.01. The van der Waals surface area contributed by atoms with Crippen molar-refractivity contribution in [2.24, 2.45) is 5.73 Å². The van der Waals surface area contributed by atoms with Gasteiger partial charge >= 0.3 is 0 Å². The van der Waals surface area contributed by atoms with Crippen molar-refractivity contribution < 1.29 is 0 Å². The van der Waals surface area contributed by atoms with Crippen LogP contribution in [0.1, 0.15) is 5.56 Å². The summed E-state index contributed by atoms with van der Waals surface area (Å²) >= 11 is 0. The fourth-order valence-electron chi connectivity index (χ4n) is 0.679. The molecule has 0 aliphatic rings. The average Bonchev–Trinajstić information content (AvgIpc) is 2.01. The molecule has 0 fully saturated rings. The predicted octanol–water partition coefficient (Wildman–Crippen LogP) is -0.0260. The molecule has 0 unspecified atom stereocenters. The summed E-state index contributed by atoms with van der Waals surface area (Å²) in [6.07, 6.45) is 3.23. The van der Waals surface area contributed by atoms with E-state index in [1.807, 2.05) is 0 Å². The van der Waals surface area contributed by atoms with Gasteiger partial charge in [0.15, 0.2) is 0 Å². The van der Waals surface area contributed by atoms with Crippen LogP contribution in [0.3, 0.4) is 0 Å². The maximum absolute atomic E-state index is 5.47. The molecule has 56 valence electrons. The van der Waals surface area contributed by atoms with Gasteiger partial charge in [0.05, 0.1) is 12.2 Å². The summed E-state index contributed by atoms with van der Waals surface area (Å²) in [4.78, 5) is 3.87. The Hall–Kier alpha value is -1.53. The van der Waals surface area contributed by atoms with E-state index in [9.17, 15) is 0 Å². The molecule has 1 aromatic rings. The smallest absolute Gasteiger partial charge is 0.0555 e. The molecule has 1 aromatic heterocycles. The van der Waals surface area contributed by atoms with Crippen LogP contribution in [-0.2, 0) is 0 Å². The molecule has 0 saturated carbocycles. The number of nitrogen functional groups attached to an aromatic ring is 1. The highest BCUT2D eigenvalue weighted by molar-refractivity contribution is 5.43. The Kier molecular flexibility index (Phi) is 2.47. The van der Waals surface area contributed by atoms with Crippen LogP contribution in [-0.4, -0.2) is 11.5 Å². The van der Waals surface area contributed by atoms with Gasteiger partial charge in [-0.15, -0.1) is 0 Å². The van der Waals surface area contributed by atoms with Crippen LogP contribution in [0.5, 0.6) is 0 Å². The number of hydrogen-bond acceptors (Lipinski definition) is 3. The summed E-state index contributed by atoms with van der Waals surface area (Å²) in [6, 6.07) is 1.76. The topological polar surface area (TPSA) is 64.9 Å². The minimum Gasteiger partial charge on any atom is -0.397 e. The highest BCUT2D eigenvalue weighted by Gasteiger charge is 1.86. The van der Waals surface area contributed by atoms with Crippen molar-refractivity contribution in [2.75, 3.05) is 12.3 Å². The second kappa shape index (κ2) is 3.59. The number of hydrogen-bond donors (Lipinski definition) is 2. The lowest BCUT2D eigenvalue weighted by molar-refractivity contribution is 1.29. The Morgan fingerprint density at radius 2 is 2.27 bits per heavy atom. The zero-order valence-corrected chi connectivity index (χ0v) is 6.04. The lowest BCUT2D eigenvalue weighted by Crippen LogP contribution is -1.93. The summed E-state index contributed by atoms with van der Waals surface area (Å²) in [5, 5.41) is 0. The Morgan fingerprint density at radius 3 is 2.91 bits per heavy atom. The molecular formula is C8H9N3. The highest BCUT2D eigenvalue weighted by atomic mass is 14.7. The molecule has 3 heteroatoms. The zero-order valence-electron chi connectivity index (χ0n) is 6.04. The Morgan fingerprint density at radius 1 is 1.45 bits per heavy atom.